The van der Waals surface area contributed by atoms with Crippen LogP contribution in [0.1, 0.15) is 46.1 Å². The summed E-state index contributed by atoms with van der Waals surface area (Å²) in [5, 5.41) is 0. The molecule has 0 saturated carbocycles. The van der Waals surface area contributed by atoms with E-state index in [1.807, 2.05) is 33.8 Å². The van der Waals surface area contributed by atoms with E-state index in [1.165, 1.54) is 0 Å². The fourth-order valence-corrected chi connectivity index (χ4v) is 3.93. The van der Waals surface area contributed by atoms with Gasteiger partial charge < -0.3 is 9.64 Å². The number of hydrogen-bond acceptors (Lipinski definition) is 5. The van der Waals surface area contributed by atoms with Gasteiger partial charge in [0.2, 0.25) is 0 Å². The van der Waals surface area contributed by atoms with Crippen LogP contribution in [0.2, 0.25) is 0 Å². The number of ether oxygens (including phenoxy) is 1. The molecular formula is C18H27NO5S. The van der Waals surface area contributed by atoms with Crippen molar-refractivity contribution in [3.63, 3.8) is 0 Å². The van der Waals surface area contributed by atoms with Gasteiger partial charge in [-0.1, -0.05) is 30.3 Å². The Labute approximate surface area is 150 Å². The fraction of sp³-hybridized carbons (Fsp3) is 0.611. The molecule has 0 bridgehead atoms. The molecule has 0 aliphatic carbocycles. The van der Waals surface area contributed by atoms with E-state index in [1.54, 1.807) is 29.2 Å². The minimum absolute atomic E-state index is 0.000257. The third-order valence-electron chi connectivity index (χ3n) is 4.02. The Balaban J connectivity index is 1.97. The predicted molar refractivity (Wildman–Crippen MR) is 95.6 cm³/mol. The van der Waals surface area contributed by atoms with Crippen LogP contribution in [0.25, 0.3) is 0 Å². The molecule has 1 fully saturated rings. The molecule has 1 heterocycles. The number of carbonyl (C=O) groups is 1. The third kappa shape index (κ3) is 6.01. The van der Waals surface area contributed by atoms with E-state index in [0.29, 0.717) is 12.0 Å². The topological polar surface area (TPSA) is 72.9 Å². The second-order valence-corrected chi connectivity index (χ2v) is 9.08. The van der Waals surface area contributed by atoms with Crippen LogP contribution in [-0.4, -0.2) is 43.7 Å². The number of rotatable bonds is 5. The summed E-state index contributed by atoms with van der Waals surface area (Å²) in [7, 11) is -3.70. The van der Waals surface area contributed by atoms with Gasteiger partial charge in [0, 0.05) is 6.04 Å². The Hall–Kier alpha value is -1.60. The van der Waals surface area contributed by atoms with Crippen LogP contribution in [-0.2, 0) is 24.8 Å². The first-order valence-electron chi connectivity index (χ1n) is 8.50. The Morgan fingerprint density at radius 3 is 2.44 bits per heavy atom. The normalized spacial score (nSPS) is 21.4. The van der Waals surface area contributed by atoms with Gasteiger partial charge in [-0.25, -0.2) is 4.79 Å². The lowest BCUT2D eigenvalue weighted by molar-refractivity contribution is 0.0119. The maximum absolute atomic E-state index is 12.4. The van der Waals surface area contributed by atoms with Gasteiger partial charge in [0.05, 0.1) is 12.6 Å². The average molecular weight is 369 g/mol. The van der Waals surface area contributed by atoms with E-state index in [0.717, 1.165) is 6.42 Å². The van der Waals surface area contributed by atoms with E-state index in [9.17, 15) is 13.2 Å². The molecule has 1 aliphatic heterocycles. The van der Waals surface area contributed by atoms with Gasteiger partial charge >= 0.3 is 6.09 Å². The average Bonchev–Trinajstić information content (AvgIpc) is 2.85. The van der Waals surface area contributed by atoms with Crippen molar-refractivity contribution in [2.45, 2.75) is 64.0 Å². The van der Waals surface area contributed by atoms with Crippen LogP contribution in [0.5, 0.6) is 0 Å². The van der Waals surface area contributed by atoms with Crippen LogP contribution in [0, 0.1) is 0 Å². The zero-order chi connectivity index (χ0) is 18.7. The summed E-state index contributed by atoms with van der Waals surface area (Å²) in [4.78, 5) is 14.0. The molecule has 1 saturated heterocycles. The zero-order valence-electron chi connectivity index (χ0n) is 15.3. The van der Waals surface area contributed by atoms with Crippen molar-refractivity contribution in [2.75, 3.05) is 6.61 Å². The molecule has 1 aliphatic rings. The standard InChI is InChI=1S/C18H27NO5S/c1-14-10-11-16(19(14)17(20)24-18(2,3)4)12-23-25(21,22)13-15-8-6-5-7-9-15/h5-9,14,16H,10-13H2,1-4H3/t14-,16-/m0/s1. The third-order valence-corrected chi connectivity index (χ3v) is 5.20. The molecule has 7 heteroatoms. The number of benzene rings is 1. The molecule has 2 atom stereocenters. The highest BCUT2D eigenvalue weighted by Crippen LogP contribution is 2.27. The first-order chi connectivity index (χ1) is 11.6. The lowest BCUT2D eigenvalue weighted by atomic mass is 10.2. The highest BCUT2D eigenvalue weighted by Gasteiger charge is 2.37. The van der Waals surface area contributed by atoms with Gasteiger partial charge in [-0.15, -0.1) is 0 Å². The molecule has 0 spiro atoms. The van der Waals surface area contributed by atoms with Crippen molar-refractivity contribution < 1.29 is 22.1 Å². The maximum atomic E-state index is 12.4. The first kappa shape index (κ1) is 19.7. The van der Waals surface area contributed by atoms with E-state index in [4.69, 9.17) is 8.92 Å². The minimum Gasteiger partial charge on any atom is -0.444 e. The van der Waals surface area contributed by atoms with Crippen molar-refractivity contribution in [1.29, 1.82) is 0 Å². The van der Waals surface area contributed by atoms with Gasteiger partial charge in [0.1, 0.15) is 11.4 Å². The van der Waals surface area contributed by atoms with Crippen molar-refractivity contribution in [3.8, 4) is 0 Å². The predicted octanol–water partition coefficient (Wildman–Crippen LogP) is 3.32. The SMILES string of the molecule is C[C@H]1CC[C@@H](COS(=O)(=O)Cc2ccccc2)N1C(=O)OC(C)(C)C. The monoisotopic (exact) mass is 369 g/mol. The van der Waals surface area contributed by atoms with E-state index >= 15 is 0 Å². The lowest BCUT2D eigenvalue weighted by Crippen LogP contribution is -2.45. The largest absolute Gasteiger partial charge is 0.444 e. The molecule has 0 radical (unpaired) electrons. The molecule has 6 nitrogen and oxygen atoms in total. The van der Waals surface area contributed by atoms with Crippen molar-refractivity contribution in [2.24, 2.45) is 0 Å². The minimum atomic E-state index is -3.70. The fourth-order valence-electron chi connectivity index (χ4n) is 2.88. The van der Waals surface area contributed by atoms with Crippen LogP contribution >= 0.6 is 0 Å². The van der Waals surface area contributed by atoms with Gasteiger partial charge in [-0.3, -0.25) is 4.18 Å². The number of nitrogens with zero attached hydrogens (tertiary/aromatic N) is 1. The Morgan fingerprint density at radius 1 is 1.20 bits per heavy atom. The van der Waals surface area contributed by atoms with Crippen molar-refractivity contribution in [3.05, 3.63) is 35.9 Å². The van der Waals surface area contributed by atoms with Gasteiger partial charge in [-0.2, -0.15) is 8.42 Å². The van der Waals surface area contributed by atoms with Gasteiger partial charge in [-0.05, 0) is 46.1 Å². The summed E-state index contributed by atoms with van der Waals surface area (Å²) in [6.07, 6.45) is 1.07. The summed E-state index contributed by atoms with van der Waals surface area (Å²) >= 11 is 0. The molecule has 2 rings (SSSR count). The molecule has 1 aromatic carbocycles. The van der Waals surface area contributed by atoms with Gasteiger partial charge in [0.15, 0.2) is 0 Å². The Kier molecular flexibility index (Phi) is 6.11. The second-order valence-electron chi connectivity index (χ2n) is 7.44. The Bertz CT molecular complexity index is 681. The number of carbonyl (C=O) groups excluding carboxylic acids is 1. The second kappa shape index (κ2) is 7.74. The molecule has 0 aromatic heterocycles. The van der Waals surface area contributed by atoms with Crippen LogP contribution in [0.15, 0.2) is 30.3 Å². The molecule has 0 unspecified atom stereocenters. The van der Waals surface area contributed by atoms with E-state index in [-0.39, 0.29) is 24.4 Å². The van der Waals surface area contributed by atoms with Crippen molar-refractivity contribution in [1.82, 2.24) is 4.90 Å². The van der Waals surface area contributed by atoms with Gasteiger partial charge in [0.25, 0.3) is 10.1 Å². The maximum Gasteiger partial charge on any atom is 0.410 e. The van der Waals surface area contributed by atoms with Crippen molar-refractivity contribution >= 4 is 16.2 Å². The molecular weight excluding hydrogens is 342 g/mol. The summed E-state index contributed by atoms with van der Waals surface area (Å²) in [6.45, 7) is 7.31. The first-order valence-corrected chi connectivity index (χ1v) is 10.1. The van der Waals surface area contributed by atoms with Crippen LogP contribution < -0.4 is 0 Å². The van der Waals surface area contributed by atoms with E-state index in [2.05, 4.69) is 0 Å². The molecule has 0 N–H and O–H groups in total. The molecule has 1 amide bonds. The highest BCUT2D eigenvalue weighted by molar-refractivity contribution is 7.85. The quantitative estimate of drug-likeness (QED) is 0.745. The highest BCUT2D eigenvalue weighted by atomic mass is 32.2. The molecule has 25 heavy (non-hydrogen) atoms. The number of likely N-dealkylation sites (tertiary alicyclic amines) is 1. The lowest BCUT2D eigenvalue weighted by Gasteiger charge is -2.31. The number of amides is 1. The molecule has 1 aromatic rings. The summed E-state index contributed by atoms with van der Waals surface area (Å²) in [5.41, 5.74) is 0.0794. The summed E-state index contributed by atoms with van der Waals surface area (Å²) < 4.78 is 35.0. The smallest absolute Gasteiger partial charge is 0.410 e. The molecule has 140 valence electrons. The summed E-state index contributed by atoms with van der Waals surface area (Å²) in [6, 6.07) is 8.59. The number of hydrogen-bond donors (Lipinski definition) is 0. The zero-order valence-corrected chi connectivity index (χ0v) is 16.1. The summed E-state index contributed by atoms with van der Waals surface area (Å²) in [5.74, 6) is -0.178. The van der Waals surface area contributed by atoms with Crippen LogP contribution in [0.3, 0.4) is 0 Å². The van der Waals surface area contributed by atoms with E-state index < -0.39 is 21.8 Å². The van der Waals surface area contributed by atoms with Crippen LogP contribution in [0.4, 0.5) is 4.79 Å². The Morgan fingerprint density at radius 2 is 1.84 bits per heavy atom.